The summed E-state index contributed by atoms with van der Waals surface area (Å²) < 4.78 is 0. The third kappa shape index (κ3) is 2.79. The minimum atomic E-state index is -0.456. The van der Waals surface area contributed by atoms with Crippen molar-refractivity contribution in [3.8, 4) is 0 Å². The Hall–Kier alpha value is -1.58. The summed E-state index contributed by atoms with van der Waals surface area (Å²) in [5.41, 5.74) is 3.14. The molecule has 0 saturated heterocycles. The van der Waals surface area contributed by atoms with Crippen LogP contribution in [0.2, 0.25) is 0 Å². The highest BCUT2D eigenvalue weighted by atomic mass is 32.2. The Morgan fingerprint density at radius 2 is 1.55 bits per heavy atom. The van der Waals surface area contributed by atoms with Gasteiger partial charge >= 0.3 is 0 Å². The summed E-state index contributed by atoms with van der Waals surface area (Å²) in [4.78, 5) is 12.2. The van der Waals surface area contributed by atoms with Crippen molar-refractivity contribution in [3.05, 3.63) is 71.3 Å². The topological polar surface area (TPSA) is 37.3 Å². The lowest BCUT2D eigenvalue weighted by atomic mass is 9.89. The fourth-order valence-electron chi connectivity index (χ4n) is 2.57. The Labute approximate surface area is 122 Å². The number of hydrogen-bond donors (Lipinski definition) is 1. The highest BCUT2D eigenvalue weighted by Crippen LogP contribution is 2.31. The molecule has 0 spiro atoms. The van der Waals surface area contributed by atoms with Gasteiger partial charge in [-0.2, -0.15) is 0 Å². The number of rotatable bonds is 2. The molecule has 0 fully saturated rings. The number of benzene rings is 2. The van der Waals surface area contributed by atoms with Gasteiger partial charge in [-0.05, 0) is 24.0 Å². The molecule has 0 amide bonds. The number of carbonyl (C=O) groups is 1. The van der Waals surface area contributed by atoms with E-state index in [1.54, 1.807) is 0 Å². The standard InChI is InChI=1S/C17H16O2S/c18-15-10-13-8-4-5-9-14(13)11-16(15)20-17(19)12-6-2-1-3-7-12/h1-9,15-16,18H,10-11H2. The van der Waals surface area contributed by atoms with E-state index in [9.17, 15) is 9.90 Å². The molecule has 2 aromatic carbocycles. The summed E-state index contributed by atoms with van der Waals surface area (Å²) in [6.07, 6.45) is 0.929. The van der Waals surface area contributed by atoms with Crippen molar-refractivity contribution < 1.29 is 9.90 Å². The monoisotopic (exact) mass is 284 g/mol. The first-order valence-electron chi connectivity index (χ1n) is 6.75. The molecule has 0 saturated carbocycles. The molecule has 0 aliphatic heterocycles. The van der Waals surface area contributed by atoms with Crippen molar-refractivity contribution in [3.63, 3.8) is 0 Å². The quantitative estimate of drug-likeness (QED) is 0.921. The van der Waals surface area contributed by atoms with Gasteiger partial charge in [-0.15, -0.1) is 0 Å². The van der Waals surface area contributed by atoms with Crippen molar-refractivity contribution in [2.24, 2.45) is 0 Å². The van der Waals surface area contributed by atoms with Crippen LogP contribution < -0.4 is 0 Å². The number of hydrogen-bond acceptors (Lipinski definition) is 3. The molecule has 1 aliphatic carbocycles. The number of aliphatic hydroxyl groups is 1. The lowest BCUT2D eigenvalue weighted by Gasteiger charge is -2.28. The fourth-order valence-corrected chi connectivity index (χ4v) is 3.63. The van der Waals surface area contributed by atoms with Crippen molar-refractivity contribution in [1.82, 2.24) is 0 Å². The van der Waals surface area contributed by atoms with Gasteiger partial charge in [-0.25, -0.2) is 0 Å². The van der Waals surface area contributed by atoms with Gasteiger partial charge in [0.2, 0.25) is 5.12 Å². The molecule has 1 aliphatic rings. The lowest BCUT2D eigenvalue weighted by Crippen LogP contribution is -2.33. The molecule has 20 heavy (non-hydrogen) atoms. The van der Waals surface area contributed by atoms with Gasteiger partial charge in [0.25, 0.3) is 0 Å². The maximum absolute atomic E-state index is 12.2. The Bertz CT molecular complexity index is 609. The van der Waals surface area contributed by atoms with Gasteiger partial charge in [-0.1, -0.05) is 66.4 Å². The van der Waals surface area contributed by atoms with Gasteiger partial charge in [0, 0.05) is 10.8 Å². The van der Waals surface area contributed by atoms with Gasteiger partial charge in [0.05, 0.1) is 6.10 Å². The summed E-state index contributed by atoms with van der Waals surface area (Å²) in [6, 6.07) is 17.4. The number of thioether (sulfide) groups is 1. The zero-order valence-electron chi connectivity index (χ0n) is 11.0. The Balaban J connectivity index is 1.74. The normalized spacial score (nSPS) is 21.2. The zero-order chi connectivity index (χ0) is 13.9. The molecule has 2 aromatic rings. The van der Waals surface area contributed by atoms with Crippen LogP contribution >= 0.6 is 11.8 Å². The summed E-state index contributed by atoms with van der Waals surface area (Å²) in [6.45, 7) is 0. The van der Waals surface area contributed by atoms with Gasteiger partial charge in [0.15, 0.2) is 0 Å². The molecular weight excluding hydrogens is 268 g/mol. The molecule has 2 atom stereocenters. The van der Waals surface area contributed by atoms with E-state index < -0.39 is 6.10 Å². The van der Waals surface area contributed by atoms with Gasteiger partial charge < -0.3 is 5.11 Å². The minimum Gasteiger partial charge on any atom is -0.392 e. The van der Waals surface area contributed by atoms with E-state index in [2.05, 4.69) is 12.1 Å². The van der Waals surface area contributed by atoms with Crippen LogP contribution in [0.1, 0.15) is 21.5 Å². The second kappa shape index (κ2) is 5.81. The molecule has 3 rings (SSSR count). The molecule has 2 nitrogen and oxygen atoms in total. The third-order valence-corrected chi connectivity index (χ3v) is 4.90. The largest absolute Gasteiger partial charge is 0.392 e. The maximum atomic E-state index is 12.2. The van der Waals surface area contributed by atoms with Crippen LogP contribution in [0.5, 0.6) is 0 Å². The Morgan fingerprint density at radius 3 is 2.25 bits per heavy atom. The molecule has 0 aromatic heterocycles. The van der Waals surface area contributed by atoms with Crippen molar-refractivity contribution in [2.45, 2.75) is 24.2 Å². The van der Waals surface area contributed by atoms with Crippen molar-refractivity contribution >= 4 is 16.9 Å². The highest BCUT2D eigenvalue weighted by Gasteiger charge is 2.29. The first-order chi connectivity index (χ1) is 9.74. The molecule has 0 radical (unpaired) electrons. The van der Waals surface area contributed by atoms with Crippen LogP contribution in [0.3, 0.4) is 0 Å². The summed E-state index contributed by atoms with van der Waals surface area (Å²) in [5.74, 6) is 0. The van der Waals surface area contributed by atoms with Crippen molar-refractivity contribution in [2.75, 3.05) is 0 Å². The van der Waals surface area contributed by atoms with Crippen LogP contribution in [0.25, 0.3) is 0 Å². The van der Waals surface area contributed by atoms with E-state index in [-0.39, 0.29) is 10.4 Å². The average Bonchev–Trinajstić information content (AvgIpc) is 2.49. The van der Waals surface area contributed by atoms with E-state index in [1.165, 1.54) is 22.9 Å². The highest BCUT2D eigenvalue weighted by molar-refractivity contribution is 8.14. The van der Waals surface area contributed by atoms with Crippen LogP contribution in [0, 0.1) is 0 Å². The molecule has 1 N–H and O–H groups in total. The lowest BCUT2D eigenvalue weighted by molar-refractivity contribution is 0.108. The van der Waals surface area contributed by atoms with Gasteiger partial charge in [-0.3, -0.25) is 4.79 Å². The molecule has 0 heterocycles. The second-order valence-corrected chi connectivity index (χ2v) is 6.27. The van der Waals surface area contributed by atoms with Crippen LogP contribution in [0.4, 0.5) is 0 Å². The molecule has 2 unspecified atom stereocenters. The van der Waals surface area contributed by atoms with Crippen molar-refractivity contribution in [1.29, 1.82) is 0 Å². The first-order valence-corrected chi connectivity index (χ1v) is 7.63. The van der Waals surface area contributed by atoms with E-state index in [0.717, 1.165) is 6.42 Å². The zero-order valence-corrected chi connectivity index (χ0v) is 11.8. The molecule has 102 valence electrons. The molecular formula is C17H16O2S. The first kappa shape index (κ1) is 13.4. The van der Waals surface area contributed by atoms with E-state index in [4.69, 9.17) is 0 Å². The van der Waals surface area contributed by atoms with Crippen LogP contribution in [0.15, 0.2) is 54.6 Å². The Morgan fingerprint density at radius 1 is 0.950 bits per heavy atom. The third-order valence-electron chi connectivity index (χ3n) is 3.67. The summed E-state index contributed by atoms with van der Waals surface area (Å²) >= 11 is 1.26. The van der Waals surface area contributed by atoms with Crippen LogP contribution in [-0.4, -0.2) is 21.6 Å². The predicted octanol–water partition coefficient (Wildman–Crippen LogP) is 3.09. The minimum absolute atomic E-state index is 0.0361. The molecule has 3 heteroatoms. The van der Waals surface area contributed by atoms with E-state index >= 15 is 0 Å². The number of fused-ring (bicyclic) bond motifs is 1. The number of carbonyl (C=O) groups excluding carboxylic acids is 1. The second-order valence-electron chi connectivity index (χ2n) is 5.05. The molecule has 0 bridgehead atoms. The fraction of sp³-hybridized carbons (Fsp3) is 0.235. The summed E-state index contributed by atoms with van der Waals surface area (Å²) in [7, 11) is 0. The average molecular weight is 284 g/mol. The number of aliphatic hydroxyl groups excluding tert-OH is 1. The summed E-state index contributed by atoms with van der Waals surface area (Å²) in [5, 5.41) is 10.2. The van der Waals surface area contributed by atoms with E-state index in [1.807, 2.05) is 42.5 Å². The Kier molecular flexibility index (Phi) is 3.90. The smallest absolute Gasteiger partial charge is 0.219 e. The van der Waals surface area contributed by atoms with E-state index in [0.29, 0.717) is 12.0 Å². The van der Waals surface area contributed by atoms with Gasteiger partial charge in [0.1, 0.15) is 0 Å². The SMILES string of the molecule is O=C(SC1Cc2ccccc2CC1O)c1ccccc1. The van der Waals surface area contributed by atoms with Crippen LogP contribution in [-0.2, 0) is 12.8 Å². The predicted molar refractivity (Wildman–Crippen MR) is 82.0 cm³/mol. The maximum Gasteiger partial charge on any atom is 0.219 e.